The van der Waals surface area contributed by atoms with Crippen LogP contribution in [0.2, 0.25) is 0 Å². The first-order valence-corrected chi connectivity index (χ1v) is 8.89. The van der Waals surface area contributed by atoms with Gasteiger partial charge in [-0.3, -0.25) is 0 Å². The van der Waals surface area contributed by atoms with Gasteiger partial charge in [0.2, 0.25) is 13.6 Å². The van der Waals surface area contributed by atoms with E-state index in [1.807, 2.05) is 24.3 Å². The lowest BCUT2D eigenvalue weighted by Crippen LogP contribution is -2.14. The van der Waals surface area contributed by atoms with Gasteiger partial charge >= 0.3 is 0 Å². The molecule has 2 aromatic rings. The highest BCUT2D eigenvalue weighted by molar-refractivity contribution is 5.46. The van der Waals surface area contributed by atoms with E-state index in [0.717, 1.165) is 34.1 Å². The van der Waals surface area contributed by atoms with Crippen LogP contribution in [-0.2, 0) is 9.47 Å². The molecule has 2 saturated heterocycles. The summed E-state index contributed by atoms with van der Waals surface area (Å²) in [5.74, 6) is 3.83. The van der Waals surface area contributed by atoms with Gasteiger partial charge in [-0.05, 0) is 35.4 Å². The number of benzene rings is 2. The lowest BCUT2D eigenvalue weighted by molar-refractivity contribution is 0.0192. The number of ether oxygens (including phenoxy) is 6. The molecular weight excluding hydrogens is 336 g/mol. The predicted octanol–water partition coefficient (Wildman–Crippen LogP) is 3.22. The quantitative estimate of drug-likeness (QED) is 0.825. The van der Waals surface area contributed by atoms with Gasteiger partial charge in [-0.25, -0.2) is 0 Å². The largest absolute Gasteiger partial charge is 0.454 e. The lowest BCUT2D eigenvalue weighted by atomic mass is 9.85. The van der Waals surface area contributed by atoms with Crippen molar-refractivity contribution in [3.63, 3.8) is 0 Å². The summed E-state index contributed by atoms with van der Waals surface area (Å²) in [5, 5.41) is 0. The average molecular weight is 354 g/mol. The van der Waals surface area contributed by atoms with Crippen LogP contribution in [0.15, 0.2) is 36.4 Å². The second-order valence-corrected chi connectivity index (χ2v) is 7.06. The molecule has 0 aliphatic carbocycles. The van der Waals surface area contributed by atoms with E-state index in [1.165, 1.54) is 0 Å². The number of hydrogen-bond acceptors (Lipinski definition) is 6. The van der Waals surface area contributed by atoms with E-state index in [9.17, 15) is 0 Å². The van der Waals surface area contributed by atoms with Crippen LogP contribution in [0.25, 0.3) is 0 Å². The molecule has 4 heterocycles. The molecule has 6 nitrogen and oxygen atoms in total. The first kappa shape index (κ1) is 14.7. The smallest absolute Gasteiger partial charge is 0.231 e. The standard InChI is InChI=1S/C20H18O6/c1-3-15-17(25-9-23-15)5-11(1)19-13-7-22-20(14(13)8-21-19)12-2-4-16-18(6-12)26-10-24-16/h1-6,13-14,19-20H,7-10H2/t13-,14-,19-,20-/m0/s1. The van der Waals surface area contributed by atoms with E-state index in [0.29, 0.717) is 25.0 Å². The van der Waals surface area contributed by atoms with Gasteiger partial charge in [0.15, 0.2) is 23.0 Å². The summed E-state index contributed by atoms with van der Waals surface area (Å²) >= 11 is 0. The highest BCUT2D eigenvalue weighted by atomic mass is 16.7. The molecule has 0 aromatic heterocycles. The minimum absolute atomic E-state index is 0.0218. The molecule has 134 valence electrons. The normalized spacial score (nSPS) is 30.6. The van der Waals surface area contributed by atoms with Crippen molar-refractivity contribution in [1.29, 1.82) is 0 Å². The Morgan fingerprint density at radius 3 is 1.54 bits per heavy atom. The topological polar surface area (TPSA) is 55.4 Å². The molecule has 6 rings (SSSR count). The van der Waals surface area contributed by atoms with E-state index < -0.39 is 0 Å². The maximum absolute atomic E-state index is 6.18. The molecule has 0 bridgehead atoms. The van der Waals surface area contributed by atoms with Crippen molar-refractivity contribution in [1.82, 2.24) is 0 Å². The van der Waals surface area contributed by atoms with Gasteiger partial charge in [-0.2, -0.15) is 0 Å². The van der Waals surface area contributed by atoms with Crippen LogP contribution in [-0.4, -0.2) is 26.8 Å². The zero-order valence-corrected chi connectivity index (χ0v) is 14.1. The summed E-state index contributed by atoms with van der Waals surface area (Å²) in [7, 11) is 0. The molecule has 2 aromatic carbocycles. The highest BCUT2D eigenvalue weighted by Crippen LogP contribution is 2.52. The Bertz CT molecular complexity index is 794. The average Bonchev–Trinajstić information content (AvgIpc) is 3.42. The Kier molecular flexibility index (Phi) is 3.12. The van der Waals surface area contributed by atoms with Crippen molar-refractivity contribution in [3.8, 4) is 23.0 Å². The molecule has 0 radical (unpaired) electrons. The van der Waals surface area contributed by atoms with Gasteiger partial charge < -0.3 is 28.4 Å². The van der Waals surface area contributed by atoms with Crippen LogP contribution in [0, 0.1) is 11.8 Å². The summed E-state index contributed by atoms with van der Waals surface area (Å²) in [6.45, 7) is 1.93. The Labute approximate surface area is 150 Å². The van der Waals surface area contributed by atoms with Crippen LogP contribution in [0.3, 0.4) is 0 Å². The SMILES string of the molecule is c1cc2c(cc1[C@@H]1OC[C@H]3[C@@H]1CO[C@H]3c1ccc3c(c1)OCO3)OCO2. The fourth-order valence-corrected chi connectivity index (χ4v) is 4.41. The molecule has 2 fully saturated rings. The minimum Gasteiger partial charge on any atom is -0.454 e. The molecule has 4 aliphatic rings. The van der Waals surface area contributed by atoms with E-state index in [-0.39, 0.29) is 25.8 Å². The molecule has 0 saturated carbocycles. The molecular formula is C20H18O6. The highest BCUT2D eigenvalue weighted by Gasteiger charge is 2.48. The lowest BCUT2D eigenvalue weighted by Gasteiger charge is -2.17. The third kappa shape index (κ3) is 2.12. The van der Waals surface area contributed by atoms with E-state index in [4.69, 9.17) is 28.4 Å². The van der Waals surface area contributed by atoms with Crippen molar-refractivity contribution in [2.24, 2.45) is 11.8 Å². The molecule has 4 atom stereocenters. The fraction of sp³-hybridized carbons (Fsp3) is 0.400. The van der Waals surface area contributed by atoms with Crippen molar-refractivity contribution >= 4 is 0 Å². The summed E-state index contributed by atoms with van der Waals surface area (Å²) in [6.07, 6.45) is 0.0435. The number of hydrogen-bond donors (Lipinski definition) is 0. The van der Waals surface area contributed by atoms with Crippen LogP contribution >= 0.6 is 0 Å². The van der Waals surface area contributed by atoms with Crippen LogP contribution in [0.4, 0.5) is 0 Å². The van der Waals surface area contributed by atoms with E-state index in [2.05, 4.69) is 12.1 Å². The van der Waals surface area contributed by atoms with Gasteiger partial charge in [0.25, 0.3) is 0 Å². The van der Waals surface area contributed by atoms with Gasteiger partial charge in [0, 0.05) is 11.8 Å². The molecule has 0 unspecified atom stereocenters. The maximum atomic E-state index is 6.18. The zero-order valence-electron chi connectivity index (χ0n) is 14.1. The summed E-state index contributed by atoms with van der Waals surface area (Å²) in [6, 6.07) is 12.1. The summed E-state index contributed by atoms with van der Waals surface area (Å²) in [4.78, 5) is 0. The number of rotatable bonds is 2. The Balaban J connectivity index is 1.27. The van der Waals surface area contributed by atoms with Gasteiger partial charge in [-0.1, -0.05) is 12.1 Å². The molecule has 26 heavy (non-hydrogen) atoms. The monoisotopic (exact) mass is 354 g/mol. The van der Waals surface area contributed by atoms with E-state index >= 15 is 0 Å². The first-order valence-electron chi connectivity index (χ1n) is 8.89. The van der Waals surface area contributed by atoms with Gasteiger partial charge in [0.05, 0.1) is 25.4 Å². The molecule has 6 heteroatoms. The molecule has 0 spiro atoms. The van der Waals surface area contributed by atoms with Crippen LogP contribution in [0.1, 0.15) is 23.3 Å². The van der Waals surface area contributed by atoms with Gasteiger partial charge in [0.1, 0.15) is 0 Å². The number of fused-ring (bicyclic) bond motifs is 3. The Hall–Kier alpha value is -2.44. The maximum Gasteiger partial charge on any atom is 0.231 e. The molecule has 0 amide bonds. The molecule has 0 N–H and O–H groups in total. The Morgan fingerprint density at radius 2 is 1.04 bits per heavy atom. The summed E-state index contributed by atoms with van der Waals surface area (Å²) < 4.78 is 34.2. The van der Waals surface area contributed by atoms with E-state index in [1.54, 1.807) is 0 Å². The van der Waals surface area contributed by atoms with Crippen molar-refractivity contribution < 1.29 is 28.4 Å². The van der Waals surface area contributed by atoms with Crippen LogP contribution in [0.5, 0.6) is 23.0 Å². The Morgan fingerprint density at radius 1 is 0.577 bits per heavy atom. The predicted molar refractivity (Wildman–Crippen MR) is 89.5 cm³/mol. The van der Waals surface area contributed by atoms with Crippen molar-refractivity contribution in [3.05, 3.63) is 47.5 Å². The second kappa shape index (κ2) is 5.53. The first-order chi connectivity index (χ1) is 12.9. The third-order valence-electron chi connectivity index (χ3n) is 5.71. The van der Waals surface area contributed by atoms with Crippen molar-refractivity contribution in [2.45, 2.75) is 12.2 Å². The molecule has 4 aliphatic heterocycles. The van der Waals surface area contributed by atoms with Gasteiger partial charge in [-0.15, -0.1) is 0 Å². The van der Waals surface area contributed by atoms with Crippen LogP contribution < -0.4 is 18.9 Å². The third-order valence-corrected chi connectivity index (χ3v) is 5.71. The zero-order chi connectivity index (χ0) is 17.1. The van der Waals surface area contributed by atoms with Crippen molar-refractivity contribution in [2.75, 3.05) is 26.8 Å². The fourth-order valence-electron chi connectivity index (χ4n) is 4.41. The second-order valence-electron chi connectivity index (χ2n) is 7.06. The summed E-state index contributed by atoms with van der Waals surface area (Å²) in [5.41, 5.74) is 2.24. The minimum atomic E-state index is 0.0218.